The summed E-state index contributed by atoms with van der Waals surface area (Å²) in [6, 6.07) is 9.84. The maximum Gasteiger partial charge on any atom is 0.269 e. The summed E-state index contributed by atoms with van der Waals surface area (Å²) in [5, 5.41) is 15.7. The van der Waals surface area contributed by atoms with Crippen molar-refractivity contribution in [3.8, 4) is 11.4 Å². The van der Waals surface area contributed by atoms with Crippen LogP contribution in [0.3, 0.4) is 0 Å². The number of hydrogen-bond acceptors (Lipinski definition) is 7. The number of rotatable bonds is 5. The van der Waals surface area contributed by atoms with Gasteiger partial charge in [0.2, 0.25) is 21.7 Å². The molecule has 12 heteroatoms. The average Bonchev–Trinajstić information content (AvgIpc) is 3.24. The largest absolute Gasteiger partial charge is 0.339 e. The standard InChI is InChI=1S/C19H16Cl2N4O5S/c20-13-1-6-16(17(21)11-13)18-22-19(30-23-18)12-7-9-24(10-8-12)31(28,29)15-4-2-14(3-5-15)25(26)27/h1-6,11-12H,7-10H2. The number of nitro groups is 1. The zero-order valence-corrected chi connectivity index (χ0v) is 18.3. The fraction of sp³-hybridized carbons (Fsp3) is 0.263. The van der Waals surface area contributed by atoms with Crippen molar-refractivity contribution in [1.82, 2.24) is 14.4 Å². The van der Waals surface area contributed by atoms with E-state index in [9.17, 15) is 18.5 Å². The summed E-state index contributed by atoms with van der Waals surface area (Å²) in [6.45, 7) is 0.535. The van der Waals surface area contributed by atoms with Crippen molar-refractivity contribution in [2.45, 2.75) is 23.7 Å². The zero-order chi connectivity index (χ0) is 22.2. The number of aromatic nitrogens is 2. The molecule has 0 bridgehead atoms. The first kappa shape index (κ1) is 21.7. The number of piperidine rings is 1. The number of nitrogens with zero attached hydrogens (tertiary/aromatic N) is 4. The third kappa shape index (κ3) is 4.42. The molecule has 0 saturated carbocycles. The average molecular weight is 483 g/mol. The molecule has 0 atom stereocenters. The van der Waals surface area contributed by atoms with Gasteiger partial charge in [0.15, 0.2) is 0 Å². The Morgan fingerprint density at radius 2 is 1.77 bits per heavy atom. The Labute approximate surface area is 187 Å². The molecule has 2 aromatic carbocycles. The summed E-state index contributed by atoms with van der Waals surface area (Å²) in [6.07, 6.45) is 1.00. The van der Waals surface area contributed by atoms with Crippen molar-refractivity contribution in [2.75, 3.05) is 13.1 Å². The molecule has 0 amide bonds. The summed E-state index contributed by atoms with van der Waals surface area (Å²) in [5.74, 6) is 0.682. The van der Waals surface area contributed by atoms with Crippen molar-refractivity contribution in [2.24, 2.45) is 0 Å². The van der Waals surface area contributed by atoms with E-state index >= 15 is 0 Å². The summed E-state index contributed by atoms with van der Waals surface area (Å²) < 4.78 is 32.4. The van der Waals surface area contributed by atoms with Crippen LogP contribution >= 0.6 is 23.2 Å². The predicted molar refractivity (Wildman–Crippen MR) is 114 cm³/mol. The summed E-state index contributed by atoms with van der Waals surface area (Å²) in [5.41, 5.74) is 0.435. The molecule has 31 heavy (non-hydrogen) atoms. The second-order valence-electron chi connectivity index (χ2n) is 7.01. The number of sulfonamides is 1. The molecular formula is C19H16Cl2N4O5S. The quantitative estimate of drug-likeness (QED) is 0.387. The number of non-ortho nitro benzene ring substituents is 1. The molecule has 3 aromatic rings. The molecule has 4 rings (SSSR count). The molecule has 0 aliphatic carbocycles. The SMILES string of the molecule is O=[N+]([O-])c1ccc(S(=O)(=O)N2CCC(c3nc(-c4ccc(Cl)cc4Cl)no3)CC2)cc1. The van der Waals surface area contributed by atoms with E-state index in [0.717, 1.165) is 0 Å². The second kappa shape index (κ2) is 8.54. The van der Waals surface area contributed by atoms with Crippen molar-refractivity contribution in [3.63, 3.8) is 0 Å². The lowest BCUT2D eigenvalue weighted by atomic mass is 9.98. The normalized spacial score (nSPS) is 15.8. The van der Waals surface area contributed by atoms with Gasteiger partial charge in [0, 0.05) is 41.7 Å². The molecule has 0 N–H and O–H groups in total. The van der Waals surface area contributed by atoms with E-state index in [1.165, 1.54) is 28.6 Å². The fourth-order valence-electron chi connectivity index (χ4n) is 3.41. The van der Waals surface area contributed by atoms with Gasteiger partial charge in [-0.25, -0.2) is 8.42 Å². The molecule has 2 heterocycles. The Morgan fingerprint density at radius 3 is 2.39 bits per heavy atom. The topological polar surface area (TPSA) is 119 Å². The van der Waals surface area contributed by atoms with Crippen LogP contribution in [0.25, 0.3) is 11.4 Å². The summed E-state index contributed by atoms with van der Waals surface area (Å²) in [7, 11) is -3.74. The first-order valence-corrected chi connectivity index (χ1v) is 11.5. The Bertz CT molecular complexity index is 1220. The Balaban J connectivity index is 1.45. The van der Waals surface area contributed by atoms with Crippen molar-refractivity contribution >= 4 is 38.9 Å². The third-order valence-electron chi connectivity index (χ3n) is 5.10. The summed E-state index contributed by atoms with van der Waals surface area (Å²) in [4.78, 5) is 14.7. The van der Waals surface area contributed by atoms with E-state index in [1.54, 1.807) is 18.2 Å². The van der Waals surface area contributed by atoms with Crippen LogP contribution < -0.4 is 0 Å². The van der Waals surface area contributed by atoms with Crippen molar-refractivity contribution in [1.29, 1.82) is 0 Å². The summed E-state index contributed by atoms with van der Waals surface area (Å²) >= 11 is 12.1. The molecule has 9 nitrogen and oxygen atoms in total. The Kier molecular flexibility index (Phi) is 5.98. The lowest BCUT2D eigenvalue weighted by molar-refractivity contribution is -0.384. The minimum absolute atomic E-state index is 0.0222. The van der Waals surface area contributed by atoms with Gasteiger partial charge < -0.3 is 4.52 Å². The van der Waals surface area contributed by atoms with Gasteiger partial charge in [-0.15, -0.1) is 0 Å². The number of halogens is 2. The lowest BCUT2D eigenvalue weighted by Gasteiger charge is -2.29. The first-order valence-electron chi connectivity index (χ1n) is 9.29. The minimum Gasteiger partial charge on any atom is -0.339 e. The van der Waals surface area contributed by atoms with Gasteiger partial charge in [-0.1, -0.05) is 28.4 Å². The van der Waals surface area contributed by atoms with Gasteiger partial charge in [-0.3, -0.25) is 10.1 Å². The van der Waals surface area contributed by atoms with Gasteiger partial charge in [0.1, 0.15) is 0 Å². The fourth-order valence-corrected chi connectivity index (χ4v) is 5.38. The third-order valence-corrected chi connectivity index (χ3v) is 7.56. The Morgan fingerprint density at radius 1 is 1.10 bits per heavy atom. The van der Waals surface area contributed by atoms with Gasteiger partial charge >= 0.3 is 0 Å². The van der Waals surface area contributed by atoms with Crippen LogP contribution in [0.1, 0.15) is 24.7 Å². The number of benzene rings is 2. The number of nitro benzene ring substituents is 1. The van der Waals surface area contributed by atoms with E-state index in [4.69, 9.17) is 27.7 Å². The molecule has 1 aromatic heterocycles. The van der Waals surface area contributed by atoms with Gasteiger partial charge in [0.25, 0.3) is 5.69 Å². The van der Waals surface area contributed by atoms with Gasteiger partial charge in [-0.2, -0.15) is 9.29 Å². The molecule has 0 unspecified atom stereocenters. The van der Waals surface area contributed by atoms with Crippen molar-refractivity contribution in [3.05, 3.63) is 68.5 Å². The van der Waals surface area contributed by atoms with E-state index < -0.39 is 14.9 Å². The highest BCUT2D eigenvalue weighted by Crippen LogP contribution is 2.33. The maximum absolute atomic E-state index is 12.8. The monoisotopic (exact) mass is 482 g/mol. The van der Waals surface area contributed by atoms with E-state index in [0.29, 0.717) is 40.2 Å². The highest BCUT2D eigenvalue weighted by Gasteiger charge is 2.32. The molecular weight excluding hydrogens is 467 g/mol. The second-order valence-corrected chi connectivity index (χ2v) is 9.79. The lowest BCUT2D eigenvalue weighted by Crippen LogP contribution is -2.37. The molecule has 1 aliphatic rings. The Hall–Kier alpha value is -2.53. The predicted octanol–water partition coefficient (Wildman–Crippen LogP) is 4.52. The molecule has 1 fully saturated rings. The molecule has 0 radical (unpaired) electrons. The highest BCUT2D eigenvalue weighted by molar-refractivity contribution is 7.89. The van der Waals surface area contributed by atoms with E-state index in [2.05, 4.69) is 10.1 Å². The van der Waals surface area contributed by atoms with Crippen LogP contribution in [0.15, 0.2) is 51.9 Å². The van der Waals surface area contributed by atoms with Gasteiger partial charge in [-0.05, 0) is 43.2 Å². The van der Waals surface area contributed by atoms with Crippen LogP contribution in [-0.4, -0.2) is 40.9 Å². The number of hydrogen-bond donors (Lipinski definition) is 0. The molecule has 1 saturated heterocycles. The van der Waals surface area contributed by atoms with Crippen LogP contribution in [0.4, 0.5) is 5.69 Å². The minimum atomic E-state index is -3.74. The van der Waals surface area contributed by atoms with Gasteiger partial charge in [0.05, 0.1) is 14.8 Å². The zero-order valence-electron chi connectivity index (χ0n) is 15.9. The maximum atomic E-state index is 12.8. The van der Waals surface area contributed by atoms with Crippen LogP contribution in [-0.2, 0) is 10.0 Å². The molecule has 162 valence electrons. The van der Waals surface area contributed by atoms with Crippen LogP contribution in [0, 0.1) is 10.1 Å². The van der Waals surface area contributed by atoms with Crippen LogP contribution in [0.2, 0.25) is 10.0 Å². The first-order chi connectivity index (χ1) is 14.8. The molecule has 1 aliphatic heterocycles. The van der Waals surface area contributed by atoms with Crippen molar-refractivity contribution < 1.29 is 17.9 Å². The highest BCUT2D eigenvalue weighted by atomic mass is 35.5. The molecule has 0 spiro atoms. The smallest absolute Gasteiger partial charge is 0.269 e. The van der Waals surface area contributed by atoms with E-state index in [1.807, 2.05) is 0 Å². The van der Waals surface area contributed by atoms with Crippen LogP contribution in [0.5, 0.6) is 0 Å². The van der Waals surface area contributed by atoms with E-state index in [-0.39, 0.29) is 29.6 Å².